The van der Waals surface area contributed by atoms with Gasteiger partial charge in [0.2, 0.25) is 17.7 Å². The molecular weight excluding hydrogens is 987 g/mol. The van der Waals surface area contributed by atoms with Crippen molar-refractivity contribution in [3.8, 4) is 39.2 Å². The lowest BCUT2D eigenvalue weighted by molar-refractivity contribution is -0.144. The van der Waals surface area contributed by atoms with E-state index < -0.39 is 35.4 Å². The Bertz CT molecular complexity index is 2930. The Labute approximate surface area is 449 Å². The number of nitrogens with zero attached hydrogens (tertiary/aromatic N) is 3. The van der Waals surface area contributed by atoms with Crippen molar-refractivity contribution in [2.45, 2.75) is 105 Å². The summed E-state index contributed by atoms with van der Waals surface area (Å²) < 4.78 is 22.4. The average molecular weight is 1060 g/mol. The fourth-order valence-corrected chi connectivity index (χ4v) is 10.3. The lowest BCUT2D eigenvalue weighted by atomic mass is 9.85. The van der Waals surface area contributed by atoms with Gasteiger partial charge in [-0.25, -0.2) is 4.98 Å². The molecule has 0 bridgehead atoms. The molecule has 4 heterocycles. The molecule has 4 amide bonds. The third-order valence-electron chi connectivity index (χ3n) is 13.6. The van der Waals surface area contributed by atoms with Crippen molar-refractivity contribution >= 4 is 40.7 Å². The topological polar surface area (TPSA) is 214 Å². The number of thiazole rings is 1. The maximum atomic E-state index is 14.1. The van der Waals surface area contributed by atoms with Gasteiger partial charge in [-0.3, -0.25) is 24.0 Å². The molecule has 2 aromatic heterocycles. The summed E-state index contributed by atoms with van der Waals surface area (Å²) in [4.78, 5) is 79.4. The number of carbonyl (C=O) groups is 4. The number of aromatic nitrogens is 2. The number of β-amino-alcohol motifs (C(OH)–C–C–N with tert-alkyl or cyclic N) is 1. The van der Waals surface area contributed by atoms with Gasteiger partial charge in [0, 0.05) is 61.3 Å². The number of methoxy groups -OCH3 is 1. The summed E-state index contributed by atoms with van der Waals surface area (Å²) in [6.07, 6.45) is 0.934. The Morgan fingerprint density at radius 3 is 2.34 bits per heavy atom. The predicted molar refractivity (Wildman–Crippen MR) is 293 cm³/mol. The van der Waals surface area contributed by atoms with E-state index in [-0.39, 0.29) is 75.4 Å². The van der Waals surface area contributed by atoms with E-state index >= 15 is 0 Å². The SMILES string of the molecule is CCN(c1cc(C(=O)NCc2c(OC)cc(C)[nH]c2=O)cc(-c2ccc(C#CCOCCOCC(=O)N[C@H](C(=O)N3C[C@H](O)C[C@H]3C(=O)N[C@@H](C)c3ccc(-c4scnc4C)cc3)C(C)(C)C)cc2)c1)C1CCOCC1. The monoisotopic (exact) mass is 1060 g/mol. The molecule has 3 aromatic carbocycles. The van der Waals surface area contributed by atoms with E-state index in [9.17, 15) is 29.1 Å². The molecule has 0 spiro atoms. The van der Waals surface area contributed by atoms with Crippen LogP contribution < -0.4 is 31.1 Å². The van der Waals surface area contributed by atoms with Gasteiger partial charge in [0.1, 0.15) is 31.0 Å². The van der Waals surface area contributed by atoms with Crippen LogP contribution in [0.5, 0.6) is 5.75 Å². The summed E-state index contributed by atoms with van der Waals surface area (Å²) in [5, 5.41) is 19.4. The standard InChI is InChI=1S/C58H71N7O10S/c1-9-64(45-20-23-74-24-21-45)46-29-43(28-44(30-46)54(68)59-32-48-50(72-8)27-36(2)61-55(48)69)41-14-12-39(13-15-41)11-10-22-73-25-26-75-34-51(67)63-53(58(5,6)7)57(71)65-33-47(66)31-49(65)56(70)62-37(3)40-16-18-42(19-17-40)52-38(4)60-35-76-52/h12-19,27-30,35,37,45,47,49,53,66H,9,20-26,31-34H2,1-8H3,(H,59,68)(H,61,69)(H,62,70)(H,63,67)/t37-,47+,49-,53+/m0/s1. The van der Waals surface area contributed by atoms with Gasteiger partial charge in [0.15, 0.2) is 0 Å². The Morgan fingerprint density at radius 1 is 0.961 bits per heavy atom. The number of benzene rings is 3. The lowest BCUT2D eigenvalue weighted by Gasteiger charge is -2.35. The second-order valence-electron chi connectivity index (χ2n) is 20.3. The number of pyridine rings is 1. The number of H-pyrrole nitrogens is 1. The van der Waals surface area contributed by atoms with E-state index in [1.165, 1.54) is 12.0 Å². The van der Waals surface area contributed by atoms with Gasteiger partial charge in [-0.1, -0.05) is 69.0 Å². The number of ether oxygens (including phenoxy) is 4. The zero-order valence-electron chi connectivity index (χ0n) is 44.7. The molecule has 4 atom stereocenters. The van der Waals surface area contributed by atoms with Gasteiger partial charge >= 0.3 is 0 Å². The number of hydrogen-bond donors (Lipinski definition) is 5. The van der Waals surface area contributed by atoms with E-state index in [4.69, 9.17) is 18.9 Å². The summed E-state index contributed by atoms with van der Waals surface area (Å²) in [5.41, 5.74) is 8.52. The maximum absolute atomic E-state index is 14.1. The van der Waals surface area contributed by atoms with Crippen molar-refractivity contribution in [2.24, 2.45) is 5.41 Å². The van der Waals surface area contributed by atoms with Crippen molar-refractivity contribution in [1.82, 2.24) is 30.8 Å². The number of likely N-dealkylation sites (tertiary alicyclic amines) is 1. The highest BCUT2D eigenvalue weighted by atomic mass is 32.1. The van der Waals surface area contributed by atoms with Crippen LogP contribution in [0.2, 0.25) is 0 Å². The normalized spacial score (nSPS) is 16.5. The van der Waals surface area contributed by atoms with Crippen molar-refractivity contribution in [2.75, 3.05) is 64.7 Å². The number of hydrogen-bond acceptors (Lipinski definition) is 13. The minimum Gasteiger partial charge on any atom is -0.496 e. The minimum absolute atomic E-state index is 0.0118. The number of aliphatic hydroxyl groups excluding tert-OH is 1. The number of anilines is 1. The average Bonchev–Trinajstić information content (AvgIpc) is 4.03. The molecule has 0 aliphatic carbocycles. The zero-order valence-corrected chi connectivity index (χ0v) is 45.6. The van der Waals surface area contributed by atoms with Crippen LogP contribution >= 0.6 is 11.3 Å². The molecular formula is C58H71N7O10S. The summed E-state index contributed by atoms with van der Waals surface area (Å²) in [5.74, 6) is 4.87. The molecule has 2 fully saturated rings. The van der Waals surface area contributed by atoms with E-state index in [1.54, 1.807) is 24.3 Å². The highest BCUT2D eigenvalue weighted by molar-refractivity contribution is 7.13. The summed E-state index contributed by atoms with van der Waals surface area (Å²) in [6.45, 7) is 15.3. The molecule has 5 N–H and O–H groups in total. The third kappa shape index (κ3) is 14.7. The smallest absolute Gasteiger partial charge is 0.256 e. The van der Waals surface area contributed by atoms with E-state index in [0.717, 1.165) is 63.5 Å². The van der Waals surface area contributed by atoms with Crippen LogP contribution in [-0.4, -0.2) is 128 Å². The van der Waals surface area contributed by atoms with Crippen molar-refractivity contribution in [3.05, 3.63) is 122 Å². The molecule has 5 aromatic rings. The number of carbonyl (C=O) groups excluding carboxylic acids is 4. The maximum Gasteiger partial charge on any atom is 0.256 e. The Morgan fingerprint density at radius 2 is 1.67 bits per heavy atom. The largest absolute Gasteiger partial charge is 0.496 e. The van der Waals surface area contributed by atoms with Crippen LogP contribution in [0.4, 0.5) is 5.69 Å². The van der Waals surface area contributed by atoms with Gasteiger partial charge < -0.3 is 54.8 Å². The second kappa shape index (κ2) is 26.3. The predicted octanol–water partition coefficient (Wildman–Crippen LogP) is 6.48. The highest BCUT2D eigenvalue weighted by Gasteiger charge is 2.44. The van der Waals surface area contributed by atoms with Crippen molar-refractivity contribution in [1.29, 1.82) is 0 Å². The minimum atomic E-state index is -0.998. The van der Waals surface area contributed by atoms with Crippen LogP contribution in [-0.2, 0) is 35.1 Å². The van der Waals surface area contributed by atoms with E-state index in [0.29, 0.717) is 35.8 Å². The van der Waals surface area contributed by atoms with Gasteiger partial charge in [-0.2, -0.15) is 0 Å². The van der Waals surface area contributed by atoms with Crippen LogP contribution in [0.1, 0.15) is 98.4 Å². The van der Waals surface area contributed by atoms with Crippen molar-refractivity contribution in [3.63, 3.8) is 0 Å². The first-order valence-electron chi connectivity index (χ1n) is 25.8. The van der Waals surface area contributed by atoms with Gasteiger partial charge in [0.25, 0.3) is 11.5 Å². The lowest BCUT2D eigenvalue weighted by Crippen LogP contribution is -2.58. The second-order valence-corrected chi connectivity index (χ2v) is 21.1. The molecule has 2 aliphatic heterocycles. The molecule has 2 saturated heterocycles. The highest BCUT2D eigenvalue weighted by Crippen LogP contribution is 2.32. The van der Waals surface area contributed by atoms with Crippen LogP contribution in [0, 0.1) is 31.1 Å². The zero-order chi connectivity index (χ0) is 54.5. The van der Waals surface area contributed by atoms with Gasteiger partial charge in [-0.05, 0) is 105 Å². The number of aliphatic hydroxyl groups is 1. The first kappa shape index (κ1) is 56.8. The summed E-state index contributed by atoms with van der Waals surface area (Å²) >= 11 is 1.57. The van der Waals surface area contributed by atoms with Gasteiger partial charge in [0.05, 0.1) is 60.7 Å². The molecule has 0 saturated carbocycles. The molecule has 18 heteroatoms. The molecule has 17 nitrogen and oxygen atoms in total. The molecule has 7 rings (SSSR count). The fourth-order valence-electron chi connectivity index (χ4n) is 9.54. The van der Waals surface area contributed by atoms with Crippen LogP contribution in [0.25, 0.3) is 21.6 Å². The first-order chi connectivity index (χ1) is 36.4. The first-order valence-corrected chi connectivity index (χ1v) is 26.7. The molecule has 0 radical (unpaired) electrons. The fraction of sp³-hybridized carbons (Fsp3) is 0.448. The molecule has 0 unspecified atom stereocenters. The van der Waals surface area contributed by atoms with Crippen LogP contribution in [0.3, 0.4) is 0 Å². The number of amides is 4. The Hall–Kier alpha value is -6.88. The number of aryl methyl sites for hydroxylation is 2. The summed E-state index contributed by atoms with van der Waals surface area (Å²) in [7, 11) is 1.49. The molecule has 404 valence electrons. The van der Waals surface area contributed by atoms with Gasteiger partial charge in [-0.15, -0.1) is 11.3 Å². The number of aromatic amines is 1. The molecule has 76 heavy (non-hydrogen) atoms. The van der Waals surface area contributed by atoms with E-state index in [2.05, 4.69) is 55.6 Å². The Kier molecular flexibility index (Phi) is 19.6. The number of rotatable bonds is 20. The van der Waals surface area contributed by atoms with Crippen LogP contribution in [0.15, 0.2) is 83.1 Å². The van der Waals surface area contributed by atoms with E-state index in [1.807, 2.05) is 101 Å². The number of nitrogens with one attached hydrogen (secondary N) is 4. The Balaban J connectivity index is 0.891. The molecule has 2 aliphatic rings. The van der Waals surface area contributed by atoms with Crippen molar-refractivity contribution < 1.29 is 43.2 Å². The summed E-state index contributed by atoms with van der Waals surface area (Å²) in [6, 6.07) is 21.2. The third-order valence-corrected chi connectivity index (χ3v) is 14.6. The quantitative estimate of drug-likeness (QED) is 0.0419.